The minimum absolute atomic E-state index is 0.0351. The molecule has 0 spiro atoms. The standard InChI is InChI=1S/C13H19NO2S/c1-11(13(15)14-8-9-16-2)17-10-12-6-4-3-5-7-12/h3-7,11H,8-10H2,1-2H3,(H,14,15)/t11-/m1/s1. The second-order valence-corrected chi connectivity index (χ2v) is 5.05. The zero-order valence-corrected chi connectivity index (χ0v) is 11.1. The highest BCUT2D eigenvalue weighted by molar-refractivity contribution is 7.99. The molecule has 1 aromatic rings. The molecule has 17 heavy (non-hydrogen) atoms. The van der Waals surface area contributed by atoms with Gasteiger partial charge in [-0.2, -0.15) is 0 Å². The molecule has 0 fully saturated rings. The molecular weight excluding hydrogens is 234 g/mol. The van der Waals surface area contributed by atoms with Gasteiger partial charge in [-0.25, -0.2) is 0 Å². The predicted molar refractivity (Wildman–Crippen MR) is 72.1 cm³/mol. The summed E-state index contributed by atoms with van der Waals surface area (Å²) < 4.78 is 4.88. The van der Waals surface area contributed by atoms with Gasteiger partial charge in [-0.1, -0.05) is 30.3 Å². The number of hydrogen-bond acceptors (Lipinski definition) is 3. The first-order chi connectivity index (χ1) is 8.24. The molecule has 0 saturated heterocycles. The maximum Gasteiger partial charge on any atom is 0.232 e. The summed E-state index contributed by atoms with van der Waals surface area (Å²) >= 11 is 1.64. The lowest BCUT2D eigenvalue weighted by Gasteiger charge is -2.11. The summed E-state index contributed by atoms with van der Waals surface area (Å²) in [6.07, 6.45) is 0. The number of nitrogens with one attached hydrogen (secondary N) is 1. The van der Waals surface area contributed by atoms with Crippen LogP contribution in [0.5, 0.6) is 0 Å². The fourth-order valence-corrected chi connectivity index (χ4v) is 2.16. The van der Waals surface area contributed by atoms with E-state index >= 15 is 0 Å². The first kappa shape index (κ1) is 14.1. The fourth-order valence-electron chi connectivity index (χ4n) is 1.29. The van der Waals surface area contributed by atoms with Crippen molar-refractivity contribution in [2.24, 2.45) is 0 Å². The van der Waals surface area contributed by atoms with Crippen LogP contribution in [0, 0.1) is 0 Å². The Labute approximate surface area is 107 Å². The summed E-state index contributed by atoms with van der Waals surface area (Å²) in [5, 5.41) is 2.80. The molecule has 0 aliphatic rings. The maximum absolute atomic E-state index is 11.7. The van der Waals surface area contributed by atoms with E-state index in [2.05, 4.69) is 17.4 Å². The van der Waals surface area contributed by atoms with Gasteiger partial charge < -0.3 is 10.1 Å². The van der Waals surface area contributed by atoms with E-state index < -0.39 is 0 Å². The summed E-state index contributed by atoms with van der Waals surface area (Å²) in [6.45, 7) is 3.06. The topological polar surface area (TPSA) is 38.3 Å². The number of methoxy groups -OCH3 is 1. The number of carbonyl (C=O) groups is 1. The minimum atomic E-state index is -0.0351. The van der Waals surface area contributed by atoms with Crippen LogP contribution in [0.3, 0.4) is 0 Å². The Bertz CT molecular complexity index is 329. The van der Waals surface area contributed by atoms with Crippen molar-refractivity contribution in [1.29, 1.82) is 0 Å². The lowest BCUT2D eigenvalue weighted by Crippen LogP contribution is -2.33. The largest absolute Gasteiger partial charge is 0.383 e. The van der Waals surface area contributed by atoms with Crippen LogP contribution in [0.1, 0.15) is 12.5 Å². The Morgan fingerprint density at radius 2 is 2.12 bits per heavy atom. The van der Waals surface area contributed by atoms with E-state index in [1.165, 1.54) is 5.56 Å². The molecule has 1 amide bonds. The fraction of sp³-hybridized carbons (Fsp3) is 0.462. The van der Waals surface area contributed by atoms with Crippen molar-refractivity contribution in [3.63, 3.8) is 0 Å². The first-order valence-corrected chi connectivity index (χ1v) is 6.71. The normalized spacial score (nSPS) is 12.1. The number of thioether (sulfide) groups is 1. The smallest absolute Gasteiger partial charge is 0.232 e. The van der Waals surface area contributed by atoms with Gasteiger partial charge in [0.05, 0.1) is 11.9 Å². The van der Waals surface area contributed by atoms with Gasteiger partial charge in [0.1, 0.15) is 0 Å². The number of hydrogen-bond donors (Lipinski definition) is 1. The zero-order valence-electron chi connectivity index (χ0n) is 10.3. The molecular formula is C13H19NO2S. The van der Waals surface area contributed by atoms with Gasteiger partial charge in [-0.05, 0) is 12.5 Å². The lowest BCUT2D eigenvalue weighted by atomic mass is 10.2. The quantitative estimate of drug-likeness (QED) is 0.756. The van der Waals surface area contributed by atoms with Gasteiger partial charge >= 0.3 is 0 Å². The third-order valence-electron chi connectivity index (χ3n) is 2.32. The van der Waals surface area contributed by atoms with Crippen LogP contribution >= 0.6 is 11.8 Å². The summed E-state index contributed by atoms with van der Waals surface area (Å²) in [5.74, 6) is 0.933. The van der Waals surface area contributed by atoms with Crippen LogP contribution in [0.15, 0.2) is 30.3 Å². The van der Waals surface area contributed by atoms with Crippen molar-refractivity contribution < 1.29 is 9.53 Å². The summed E-state index contributed by atoms with van der Waals surface area (Å²) in [5.41, 5.74) is 1.24. The van der Waals surface area contributed by atoms with Gasteiger partial charge in [0.2, 0.25) is 5.91 Å². The highest BCUT2D eigenvalue weighted by Gasteiger charge is 2.12. The van der Waals surface area contributed by atoms with Crippen LogP contribution < -0.4 is 5.32 Å². The van der Waals surface area contributed by atoms with Gasteiger partial charge in [-0.3, -0.25) is 4.79 Å². The number of benzene rings is 1. The number of amides is 1. The monoisotopic (exact) mass is 253 g/mol. The Morgan fingerprint density at radius 3 is 2.76 bits per heavy atom. The van der Waals surface area contributed by atoms with Crippen molar-refractivity contribution in [2.45, 2.75) is 17.9 Å². The SMILES string of the molecule is COCCNC(=O)[C@@H](C)SCc1ccccc1. The average Bonchev–Trinajstić information content (AvgIpc) is 2.37. The summed E-state index contributed by atoms with van der Waals surface area (Å²) in [6, 6.07) is 10.2. The molecule has 0 aliphatic carbocycles. The van der Waals surface area contributed by atoms with Crippen LogP contribution in [-0.2, 0) is 15.3 Å². The van der Waals surface area contributed by atoms with E-state index in [1.807, 2.05) is 25.1 Å². The molecule has 0 heterocycles. The number of rotatable bonds is 7. The number of ether oxygens (including phenoxy) is 1. The molecule has 3 nitrogen and oxygen atoms in total. The van der Waals surface area contributed by atoms with Crippen LogP contribution in [0.2, 0.25) is 0 Å². The first-order valence-electron chi connectivity index (χ1n) is 5.66. The Morgan fingerprint density at radius 1 is 1.41 bits per heavy atom. The zero-order chi connectivity index (χ0) is 12.5. The molecule has 4 heteroatoms. The van der Waals surface area contributed by atoms with E-state index in [-0.39, 0.29) is 11.2 Å². The molecule has 0 aromatic heterocycles. The second kappa shape index (κ2) is 8.14. The van der Waals surface area contributed by atoms with E-state index in [4.69, 9.17) is 4.74 Å². The molecule has 1 rings (SSSR count). The molecule has 0 aliphatic heterocycles. The van der Waals surface area contributed by atoms with Gasteiger partial charge in [-0.15, -0.1) is 11.8 Å². The van der Waals surface area contributed by atoms with Crippen molar-refractivity contribution in [3.8, 4) is 0 Å². The molecule has 0 radical (unpaired) electrons. The van der Waals surface area contributed by atoms with Crippen LogP contribution in [0.25, 0.3) is 0 Å². The lowest BCUT2D eigenvalue weighted by molar-refractivity contribution is -0.120. The van der Waals surface area contributed by atoms with Crippen molar-refractivity contribution in [1.82, 2.24) is 5.32 Å². The predicted octanol–water partition coefficient (Wildman–Crippen LogP) is 2.07. The molecule has 1 aromatic carbocycles. The molecule has 1 atom stereocenters. The molecule has 94 valence electrons. The Hall–Kier alpha value is -1.00. The van der Waals surface area contributed by atoms with Crippen molar-refractivity contribution in [2.75, 3.05) is 20.3 Å². The minimum Gasteiger partial charge on any atom is -0.383 e. The van der Waals surface area contributed by atoms with Crippen molar-refractivity contribution >= 4 is 17.7 Å². The molecule has 0 bridgehead atoms. The van der Waals surface area contributed by atoms with E-state index in [0.29, 0.717) is 13.2 Å². The molecule has 1 N–H and O–H groups in total. The average molecular weight is 253 g/mol. The molecule has 0 unspecified atom stereocenters. The maximum atomic E-state index is 11.7. The Balaban J connectivity index is 2.24. The van der Waals surface area contributed by atoms with Crippen LogP contribution in [0.4, 0.5) is 0 Å². The van der Waals surface area contributed by atoms with E-state index in [9.17, 15) is 4.79 Å². The second-order valence-electron chi connectivity index (χ2n) is 3.72. The van der Waals surface area contributed by atoms with Gasteiger partial charge in [0.25, 0.3) is 0 Å². The highest BCUT2D eigenvalue weighted by Crippen LogP contribution is 2.17. The van der Waals surface area contributed by atoms with Gasteiger partial charge in [0, 0.05) is 19.4 Å². The summed E-state index contributed by atoms with van der Waals surface area (Å²) in [4.78, 5) is 11.7. The van der Waals surface area contributed by atoms with E-state index in [1.54, 1.807) is 18.9 Å². The molecule has 0 saturated carbocycles. The Kier molecular flexibility index (Phi) is 6.74. The number of carbonyl (C=O) groups excluding carboxylic acids is 1. The van der Waals surface area contributed by atoms with Gasteiger partial charge in [0.15, 0.2) is 0 Å². The summed E-state index contributed by atoms with van der Waals surface area (Å²) in [7, 11) is 1.62. The van der Waals surface area contributed by atoms with Crippen LogP contribution in [-0.4, -0.2) is 31.4 Å². The van der Waals surface area contributed by atoms with E-state index in [0.717, 1.165) is 5.75 Å². The highest BCUT2D eigenvalue weighted by atomic mass is 32.2. The van der Waals surface area contributed by atoms with Crippen molar-refractivity contribution in [3.05, 3.63) is 35.9 Å². The third-order valence-corrected chi connectivity index (χ3v) is 3.53. The third kappa shape index (κ3) is 5.75.